The third kappa shape index (κ3) is 6.95. The van der Waals surface area contributed by atoms with Crippen molar-refractivity contribution in [1.82, 2.24) is 10.2 Å². The SMILES string of the molecule is CCN(C(=O)CC1COCCN1)C(C)CS(=O)(=O)CC.Cl. The minimum absolute atomic E-state index is 0. The van der Waals surface area contributed by atoms with Gasteiger partial charge in [-0.25, -0.2) is 8.42 Å². The van der Waals surface area contributed by atoms with Gasteiger partial charge in [0.2, 0.25) is 5.91 Å². The van der Waals surface area contributed by atoms with Gasteiger partial charge in [-0.1, -0.05) is 6.92 Å². The van der Waals surface area contributed by atoms with Crippen LogP contribution in [0.4, 0.5) is 0 Å². The minimum Gasteiger partial charge on any atom is -0.378 e. The normalized spacial score (nSPS) is 20.4. The molecule has 0 aromatic rings. The van der Waals surface area contributed by atoms with E-state index in [2.05, 4.69) is 5.32 Å². The van der Waals surface area contributed by atoms with E-state index in [9.17, 15) is 13.2 Å². The third-order valence-electron chi connectivity index (χ3n) is 3.55. The van der Waals surface area contributed by atoms with Gasteiger partial charge in [-0.2, -0.15) is 0 Å². The highest BCUT2D eigenvalue weighted by atomic mass is 35.5. The summed E-state index contributed by atoms with van der Waals surface area (Å²) in [4.78, 5) is 13.9. The van der Waals surface area contributed by atoms with E-state index >= 15 is 0 Å². The highest BCUT2D eigenvalue weighted by molar-refractivity contribution is 7.91. The zero-order valence-electron chi connectivity index (χ0n) is 13.0. The van der Waals surface area contributed by atoms with Crippen molar-refractivity contribution < 1.29 is 17.9 Å². The summed E-state index contributed by atoms with van der Waals surface area (Å²) in [5, 5.41) is 3.24. The van der Waals surface area contributed by atoms with Crippen LogP contribution < -0.4 is 5.32 Å². The van der Waals surface area contributed by atoms with Gasteiger partial charge in [0, 0.05) is 37.3 Å². The summed E-state index contributed by atoms with van der Waals surface area (Å²) in [6, 6.07) is -0.262. The molecule has 2 unspecified atom stereocenters. The van der Waals surface area contributed by atoms with E-state index in [1.54, 1.807) is 18.7 Å². The number of hydrogen-bond acceptors (Lipinski definition) is 5. The fourth-order valence-electron chi connectivity index (χ4n) is 2.39. The predicted molar refractivity (Wildman–Crippen MR) is 85.7 cm³/mol. The molecule has 8 heteroatoms. The smallest absolute Gasteiger partial charge is 0.224 e. The number of amides is 1. The number of carbonyl (C=O) groups is 1. The highest BCUT2D eigenvalue weighted by Gasteiger charge is 2.26. The molecule has 0 bridgehead atoms. The Hall–Kier alpha value is -0.370. The van der Waals surface area contributed by atoms with Crippen molar-refractivity contribution in [2.75, 3.05) is 37.8 Å². The average molecular weight is 343 g/mol. The van der Waals surface area contributed by atoms with Gasteiger partial charge in [0.25, 0.3) is 0 Å². The summed E-state index contributed by atoms with van der Waals surface area (Å²) in [6.45, 7) is 7.77. The summed E-state index contributed by atoms with van der Waals surface area (Å²) >= 11 is 0. The maximum atomic E-state index is 12.3. The standard InChI is InChI=1S/C13H26N2O4S.ClH/c1-4-15(11(3)10-20(17,18)5-2)13(16)8-12-9-19-7-6-14-12;/h11-12,14H,4-10H2,1-3H3;1H. The Kier molecular flexibility index (Phi) is 9.44. The van der Waals surface area contributed by atoms with E-state index in [0.29, 0.717) is 26.2 Å². The Balaban J connectivity index is 0.00000400. The molecule has 1 N–H and O–H groups in total. The van der Waals surface area contributed by atoms with Crippen LogP contribution in [0.5, 0.6) is 0 Å². The van der Waals surface area contributed by atoms with Crippen molar-refractivity contribution in [3.8, 4) is 0 Å². The first-order chi connectivity index (χ1) is 9.39. The largest absolute Gasteiger partial charge is 0.378 e. The van der Waals surface area contributed by atoms with Gasteiger partial charge in [0.05, 0.1) is 19.0 Å². The Labute approximate surface area is 133 Å². The number of ether oxygens (including phenoxy) is 1. The molecular formula is C13H27ClN2O4S. The van der Waals surface area contributed by atoms with Gasteiger partial charge in [-0.05, 0) is 13.8 Å². The van der Waals surface area contributed by atoms with E-state index in [4.69, 9.17) is 4.74 Å². The molecule has 1 rings (SSSR count). The Morgan fingerprint density at radius 2 is 2.10 bits per heavy atom. The van der Waals surface area contributed by atoms with Crippen LogP contribution in [0.25, 0.3) is 0 Å². The number of sulfone groups is 1. The van der Waals surface area contributed by atoms with Crippen molar-refractivity contribution in [1.29, 1.82) is 0 Å². The van der Waals surface area contributed by atoms with Crippen LogP contribution in [0.1, 0.15) is 27.2 Å². The minimum atomic E-state index is -3.07. The van der Waals surface area contributed by atoms with Crippen molar-refractivity contribution in [3.05, 3.63) is 0 Å². The zero-order valence-corrected chi connectivity index (χ0v) is 14.6. The quantitative estimate of drug-likeness (QED) is 0.727. The number of carbonyl (C=O) groups excluding carboxylic acids is 1. The maximum absolute atomic E-state index is 12.3. The lowest BCUT2D eigenvalue weighted by Crippen LogP contribution is -2.48. The Morgan fingerprint density at radius 1 is 1.43 bits per heavy atom. The summed E-state index contributed by atoms with van der Waals surface area (Å²) in [5.74, 6) is 0.119. The molecule has 0 radical (unpaired) electrons. The van der Waals surface area contributed by atoms with Crippen LogP contribution >= 0.6 is 12.4 Å². The zero-order chi connectivity index (χ0) is 15.2. The third-order valence-corrected chi connectivity index (χ3v) is 5.42. The number of morpholine rings is 1. The second kappa shape index (κ2) is 9.61. The highest BCUT2D eigenvalue weighted by Crippen LogP contribution is 2.09. The Bertz CT molecular complexity index is 410. The van der Waals surface area contributed by atoms with Crippen LogP contribution in [-0.2, 0) is 19.4 Å². The van der Waals surface area contributed by atoms with Crippen molar-refractivity contribution >= 4 is 28.2 Å². The molecular weight excluding hydrogens is 316 g/mol. The van der Waals surface area contributed by atoms with E-state index in [0.717, 1.165) is 6.54 Å². The number of nitrogens with zero attached hydrogens (tertiary/aromatic N) is 1. The van der Waals surface area contributed by atoms with E-state index < -0.39 is 9.84 Å². The maximum Gasteiger partial charge on any atom is 0.224 e. The molecule has 126 valence electrons. The van der Waals surface area contributed by atoms with E-state index in [-0.39, 0.29) is 41.9 Å². The Morgan fingerprint density at radius 3 is 2.57 bits per heavy atom. The van der Waals surface area contributed by atoms with Gasteiger partial charge in [0.1, 0.15) is 0 Å². The number of nitrogens with one attached hydrogen (secondary N) is 1. The molecule has 2 atom stereocenters. The molecule has 0 saturated carbocycles. The molecule has 1 aliphatic heterocycles. The number of rotatable bonds is 7. The average Bonchev–Trinajstić information content (AvgIpc) is 2.40. The van der Waals surface area contributed by atoms with Crippen molar-refractivity contribution in [3.63, 3.8) is 0 Å². The van der Waals surface area contributed by atoms with E-state index in [1.165, 1.54) is 0 Å². The van der Waals surface area contributed by atoms with Crippen LogP contribution in [-0.4, -0.2) is 69.1 Å². The van der Waals surface area contributed by atoms with Gasteiger partial charge in [0.15, 0.2) is 9.84 Å². The summed E-state index contributed by atoms with van der Waals surface area (Å²) in [6.07, 6.45) is 0.352. The van der Waals surface area contributed by atoms with Gasteiger partial charge in [-0.15, -0.1) is 12.4 Å². The molecule has 1 heterocycles. The summed E-state index contributed by atoms with van der Waals surface area (Å²) in [7, 11) is -3.07. The fourth-order valence-corrected chi connectivity index (χ4v) is 3.54. The lowest BCUT2D eigenvalue weighted by Gasteiger charge is -2.31. The fraction of sp³-hybridized carbons (Fsp3) is 0.923. The van der Waals surface area contributed by atoms with Crippen molar-refractivity contribution in [2.24, 2.45) is 0 Å². The second-order valence-corrected chi connectivity index (χ2v) is 7.56. The molecule has 0 aromatic heterocycles. The summed E-state index contributed by atoms with van der Waals surface area (Å²) < 4.78 is 28.7. The lowest BCUT2D eigenvalue weighted by molar-refractivity contribution is -0.133. The molecule has 6 nitrogen and oxygen atoms in total. The molecule has 21 heavy (non-hydrogen) atoms. The monoisotopic (exact) mass is 342 g/mol. The van der Waals surface area contributed by atoms with Crippen LogP contribution in [0.2, 0.25) is 0 Å². The molecule has 0 spiro atoms. The summed E-state index contributed by atoms with van der Waals surface area (Å²) in [5.41, 5.74) is 0. The van der Waals surface area contributed by atoms with Gasteiger partial charge in [-0.3, -0.25) is 4.79 Å². The number of hydrogen-bond donors (Lipinski definition) is 1. The van der Waals surface area contributed by atoms with Crippen LogP contribution in [0, 0.1) is 0 Å². The lowest BCUT2D eigenvalue weighted by atomic mass is 10.1. The second-order valence-electron chi connectivity index (χ2n) is 5.16. The topological polar surface area (TPSA) is 75.7 Å². The first kappa shape index (κ1) is 20.6. The van der Waals surface area contributed by atoms with Crippen molar-refractivity contribution in [2.45, 2.75) is 39.3 Å². The van der Waals surface area contributed by atoms with Crippen LogP contribution in [0.3, 0.4) is 0 Å². The molecule has 1 saturated heterocycles. The van der Waals surface area contributed by atoms with Gasteiger partial charge >= 0.3 is 0 Å². The number of halogens is 1. The first-order valence-electron chi connectivity index (χ1n) is 7.20. The first-order valence-corrected chi connectivity index (χ1v) is 9.02. The van der Waals surface area contributed by atoms with Gasteiger partial charge < -0.3 is 15.0 Å². The molecule has 0 aromatic carbocycles. The predicted octanol–water partition coefficient (Wildman–Crippen LogP) is 0.458. The molecule has 1 fully saturated rings. The molecule has 1 amide bonds. The molecule has 0 aliphatic carbocycles. The van der Waals surface area contributed by atoms with E-state index in [1.807, 2.05) is 6.92 Å². The molecule has 1 aliphatic rings. The van der Waals surface area contributed by atoms with Crippen LogP contribution in [0.15, 0.2) is 0 Å².